The normalized spacial score (nSPS) is 11.1. The third-order valence-corrected chi connectivity index (χ3v) is 4.98. The summed E-state index contributed by atoms with van der Waals surface area (Å²) in [6.45, 7) is 1.65. The lowest BCUT2D eigenvalue weighted by Crippen LogP contribution is -2.16. The molecule has 0 N–H and O–H groups in total. The highest BCUT2D eigenvalue weighted by molar-refractivity contribution is 9.11. The van der Waals surface area contributed by atoms with E-state index in [0.29, 0.717) is 0 Å². The van der Waals surface area contributed by atoms with E-state index >= 15 is 0 Å². The number of thiophene rings is 1. The van der Waals surface area contributed by atoms with Crippen LogP contribution in [0.15, 0.2) is 46.5 Å². The van der Waals surface area contributed by atoms with Gasteiger partial charge in [-0.05, 0) is 47.2 Å². The van der Waals surface area contributed by atoms with E-state index in [0.717, 1.165) is 33.5 Å². The summed E-state index contributed by atoms with van der Waals surface area (Å²) in [4.78, 5) is 3.54. The zero-order chi connectivity index (χ0) is 14.8. The number of halogens is 1. The van der Waals surface area contributed by atoms with Gasteiger partial charge in [-0.2, -0.15) is 5.26 Å². The molecule has 0 aromatic carbocycles. The molecule has 0 aliphatic carbocycles. The molecule has 0 saturated heterocycles. The SMILES string of the molecule is CN(Cc1ccc(Br)s1)Cc1cn2ccccc2c1C#N. The Labute approximate surface area is 136 Å². The Balaban J connectivity index is 1.82. The first-order valence-corrected chi connectivity index (χ1v) is 8.20. The van der Waals surface area contributed by atoms with E-state index in [2.05, 4.69) is 52.3 Å². The zero-order valence-corrected chi connectivity index (χ0v) is 14.0. The second kappa shape index (κ2) is 6.02. The van der Waals surface area contributed by atoms with E-state index in [1.807, 2.05) is 28.8 Å². The van der Waals surface area contributed by atoms with Gasteiger partial charge in [-0.3, -0.25) is 4.90 Å². The van der Waals surface area contributed by atoms with Gasteiger partial charge in [0.25, 0.3) is 0 Å². The van der Waals surface area contributed by atoms with Gasteiger partial charge in [0.2, 0.25) is 0 Å². The van der Waals surface area contributed by atoms with E-state index in [9.17, 15) is 5.26 Å². The first kappa shape index (κ1) is 14.3. The second-order valence-electron chi connectivity index (χ2n) is 5.01. The second-order valence-corrected chi connectivity index (χ2v) is 7.56. The lowest BCUT2D eigenvalue weighted by atomic mass is 10.1. The molecular weight excluding hydrogens is 346 g/mol. The molecule has 0 aliphatic rings. The summed E-state index contributed by atoms with van der Waals surface area (Å²) in [6.07, 6.45) is 4.03. The Kier molecular flexibility index (Phi) is 4.11. The van der Waals surface area contributed by atoms with Crippen molar-refractivity contribution >= 4 is 32.8 Å². The number of hydrogen-bond acceptors (Lipinski definition) is 3. The van der Waals surface area contributed by atoms with E-state index in [1.54, 1.807) is 11.3 Å². The predicted molar refractivity (Wildman–Crippen MR) is 89.3 cm³/mol. The lowest BCUT2D eigenvalue weighted by molar-refractivity contribution is 0.322. The standard InChI is InChI=1S/C16H14BrN3S/c1-19(11-13-5-6-16(17)21-13)9-12-10-20-7-3-2-4-15(20)14(12)8-18/h2-7,10H,9,11H2,1H3. The first-order chi connectivity index (χ1) is 10.2. The van der Waals surface area contributed by atoms with Gasteiger partial charge >= 0.3 is 0 Å². The van der Waals surface area contributed by atoms with Crippen LogP contribution in [0.4, 0.5) is 0 Å². The summed E-state index contributed by atoms with van der Waals surface area (Å²) >= 11 is 5.23. The maximum atomic E-state index is 9.43. The maximum Gasteiger partial charge on any atom is 0.102 e. The quantitative estimate of drug-likeness (QED) is 0.696. The van der Waals surface area contributed by atoms with Crippen LogP contribution in [0.25, 0.3) is 5.52 Å². The van der Waals surface area contributed by atoms with E-state index < -0.39 is 0 Å². The molecule has 3 heterocycles. The van der Waals surface area contributed by atoms with Gasteiger partial charge in [0, 0.05) is 35.9 Å². The van der Waals surface area contributed by atoms with Crippen LogP contribution in [0, 0.1) is 11.3 Å². The number of rotatable bonds is 4. The molecule has 0 aliphatic heterocycles. The largest absolute Gasteiger partial charge is 0.322 e. The molecule has 0 saturated carbocycles. The van der Waals surface area contributed by atoms with E-state index in [-0.39, 0.29) is 0 Å². The van der Waals surface area contributed by atoms with Crippen molar-refractivity contribution in [2.75, 3.05) is 7.05 Å². The van der Waals surface area contributed by atoms with Gasteiger partial charge in [-0.1, -0.05) is 6.07 Å². The smallest absolute Gasteiger partial charge is 0.102 e. The zero-order valence-electron chi connectivity index (χ0n) is 11.6. The third kappa shape index (κ3) is 3.03. The molecule has 0 radical (unpaired) electrons. The van der Waals surface area contributed by atoms with E-state index in [1.165, 1.54) is 4.88 Å². The van der Waals surface area contributed by atoms with Crippen LogP contribution in [0.5, 0.6) is 0 Å². The molecule has 3 nitrogen and oxygen atoms in total. The molecule has 0 unspecified atom stereocenters. The fraction of sp³-hybridized carbons (Fsp3) is 0.188. The summed E-state index contributed by atoms with van der Waals surface area (Å²) in [5, 5.41) is 9.43. The van der Waals surface area contributed by atoms with Crippen molar-refractivity contribution in [1.29, 1.82) is 5.26 Å². The molecule has 3 rings (SSSR count). The molecule has 5 heteroatoms. The van der Waals surface area contributed by atoms with Crippen molar-refractivity contribution in [3.63, 3.8) is 0 Å². The molecule has 3 aromatic rings. The van der Waals surface area contributed by atoms with Crippen molar-refractivity contribution < 1.29 is 0 Å². The Morgan fingerprint density at radius 2 is 2.14 bits per heavy atom. The topological polar surface area (TPSA) is 31.4 Å². The van der Waals surface area contributed by atoms with Gasteiger partial charge in [-0.25, -0.2) is 0 Å². The summed E-state index contributed by atoms with van der Waals surface area (Å²) < 4.78 is 3.17. The molecule has 0 bridgehead atoms. The van der Waals surface area contributed by atoms with Gasteiger partial charge in [0.1, 0.15) is 6.07 Å². The Morgan fingerprint density at radius 1 is 1.29 bits per heavy atom. The number of nitrogens with zero attached hydrogens (tertiary/aromatic N) is 3. The maximum absolute atomic E-state index is 9.43. The number of aromatic nitrogens is 1. The van der Waals surface area contributed by atoms with Crippen molar-refractivity contribution in [1.82, 2.24) is 9.30 Å². The minimum absolute atomic E-state index is 0.764. The highest BCUT2D eigenvalue weighted by Crippen LogP contribution is 2.24. The van der Waals surface area contributed by atoms with Crippen LogP contribution >= 0.6 is 27.3 Å². The van der Waals surface area contributed by atoms with Crippen molar-refractivity contribution in [3.8, 4) is 6.07 Å². The molecular formula is C16H14BrN3S. The predicted octanol–water partition coefficient (Wildman–Crippen LogP) is 4.27. The summed E-state index contributed by atoms with van der Waals surface area (Å²) in [6, 6.07) is 12.5. The van der Waals surface area contributed by atoms with Crippen LogP contribution in [-0.4, -0.2) is 16.3 Å². The number of pyridine rings is 1. The molecule has 0 fully saturated rings. The highest BCUT2D eigenvalue weighted by Gasteiger charge is 2.12. The summed E-state index contributed by atoms with van der Waals surface area (Å²) in [7, 11) is 2.08. The van der Waals surface area contributed by atoms with Crippen LogP contribution in [0.2, 0.25) is 0 Å². The van der Waals surface area contributed by atoms with E-state index in [4.69, 9.17) is 0 Å². The molecule has 3 aromatic heterocycles. The molecule has 0 atom stereocenters. The number of hydrogen-bond donors (Lipinski definition) is 0. The van der Waals surface area contributed by atoms with Crippen LogP contribution in [0.3, 0.4) is 0 Å². The number of fused-ring (bicyclic) bond motifs is 1. The Morgan fingerprint density at radius 3 is 2.86 bits per heavy atom. The average Bonchev–Trinajstić information content (AvgIpc) is 3.01. The van der Waals surface area contributed by atoms with Crippen LogP contribution in [0.1, 0.15) is 16.0 Å². The minimum Gasteiger partial charge on any atom is -0.322 e. The summed E-state index contributed by atoms with van der Waals surface area (Å²) in [5.41, 5.74) is 2.82. The fourth-order valence-electron chi connectivity index (χ4n) is 2.48. The van der Waals surface area contributed by atoms with Crippen molar-refractivity contribution in [3.05, 3.63) is 62.5 Å². The van der Waals surface area contributed by atoms with Crippen molar-refractivity contribution in [2.45, 2.75) is 13.1 Å². The monoisotopic (exact) mass is 359 g/mol. The minimum atomic E-state index is 0.764. The number of nitriles is 1. The molecule has 0 amide bonds. The Hall–Kier alpha value is -1.61. The Bertz CT molecular complexity index is 812. The van der Waals surface area contributed by atoms with Crippen LogP contribution < -0.4 is 0 Å². The van der Waals surface area contributed by atoms with Gasteiger partial charge in [0.05, 0.1) is 14.9 Å². The molecule has 0 spiro atoms. The molecule has 106 valence electrons. The lowest BCUT2D eigenvalue weighted by Gasteiger charge is -2.14. The van der Waals surface area contributed by atoms with Gasteiger partial charge in [0.15, 0.2) is 0 Å². The third-order valence-electron chi connectivity index (χ3n) is 3.37. The first-order valence-electron chi connectivity index (χ1n) is 6.59. The fourth-order valence-corrected chi connectivity index (χ4v) is 4.04. The summed E-state index contributed by atoms with van der Waals surface area (Å²) in [5.74, 6) is 0. The van der Waals surface area contributed by atoms with Crippen molar-refractivity contribution in [2.24, 2.45) is 0 Å². The van der Waals surface area contributed by atoms with Gasteiger partial charge in [-0.15, -0.1) is 11.3 Å². The van der Waals surface area contributed by atoms with Gasteiger partial charge < -0.3 is 4.40 Å². The highest BCUT2D eigenvalue weighted by atomic mass is 79.9. The molecule has 21 heavy (non-hydrogen) atoms. The van der Waals surface area contributed by atoms with Crippen LogP contribution in [-0.2, 0) is 13.1 Å². The average molecular weight is 360 g/mol.